The SMILES string of the molecule is Cc1cccc(CCNC(=S)NC(C)C)c1. The Balaban J connectivity index is 2.28. The van der Waals surface area contributed by atoms with Gasteiger partial charge in [0, 0.05) is 12.6 Å². The van der Waals surface area contributed by atoms with Crippen molar-refractivity contribution >= 4 is 17.3 Å². The quantitative estimate of drug-likeness (QED) is 0.785. The van der Waals surface area contributed by atoms with Crippen LogP contribution in [0.25, 0.3) is 0 Å². The molecule has 16 heavy (non-hydrogen) atoms. The normalized spacial score (nSPS) is 10.2. The zero-order valence-corrected chi connectivity index (χ0v) is 11.0. The van der Waals surface area contributed by atoms with Crippen LogP contribution in [-0.4, -0.2) is 17.7 Å². The van der Waals surface area contributed by atoms with Crippen LogP contribution in [0.4, 0.5) is 0 Å². The molecule has 0 saturated carbocycles. The average Bonchev–Trinajstić information content (AvgIpc) is 2.16. The van der Waals surface area contributed by atoms with Crippen molar-refractivity contribution < 1.29 is 0 Å². The van der Waals surface area contributed by atoms with Crippen LogP contribution in [-0.2, 0) is 6.42 Å². The molecule has 0 aliphatic carbocycles. The lowest BCUT2D eigenvalue weighted by atomic mass is 10.1. The van der Waals surface area contributed by atoms with Crippen molar-refractivity contribution in [3.63, 3.8) is 0 Å². The summed E-state index contributed by atoms with van der Waals surface area (Å²) >= 11 is 5.15. The second kappa shape index (κ2) is 6.48. The van der Waals surface area contributed by atoms with Crippen LogP contribution in [0.5, 0.6) is 0 Å². The van der Waals surface area contributed by atoms with Gasteiger partial charge in [0.05, 0.1) is 0 Å². The fraction of sp³-hybridized carbons (Fsp3) is 0.462. The highest BCUT2D eigenvalue weighted by atomic mass is 32.1. The first-order valence-corrected chi connectivity index (χ1v) is 6.08. The van der Waals surface area contributed by atoms with Crippen molar-refractivity contribution in [3.05, 3.63) is 35.4 Å². The van der Waals surface area contributed by atoms with Crippen LogP contribution in [0, 0.1) is 6.92 Å². The van der Waals surface area contributed by atoms with Gasteiger partial charge < -0.3 is 10.6 Å². The Morgan fingerprint density at radius 3 is 2.75 bits per heavy atom. The van der Waals surface area contributed by atoms with Gasteiger partial charge in [-0.15, -0.1) is 0 Å². The summed E-state index contributed by atoms with van der Waals surface area (Å²) in [7, 11) is 0. The fourth-order valence-corrected chi connectivity index (χ4v) is 1.84. The van der Waals surface area contributed by atoms with E-state index in [1.807, 2.05) is 0 Å². The highest BCUT2D eigenvalue weighted by Crippen LogP contribution is 2.03. The number of rotatable bonds is 4. The minimum Gasteiger partial charge on any atom is -0.362 e. The largest absolute Gasteiger partial charge is 0.362 e. The summed E-state index contributed by atoms with van der Waals surface area (Å²) < 4.78 is 0. The first kappa shape index (κ1) is 13.0. The van der Waals surface area contributed by atoms with Crippen molar-refractivity contribution in [2.24, 2.45) is 0 Å². The predicted octanol–water partition coefficient (Wildman–Crippen LogP) is 2.41. The van der Waals surface area contributed by atoms with Gasteiger partial charge in [-0.25, -0.2) is 0 Å². The highest BCUT2D eigenvalue weighted by Gasteiger charge is 1.98. The Bertz CT molecular complexity index is 348. The van der Waals surface area contributed by atoms with Crippen molar-refractivity contribution in [2.75, 3.05) is 6.54 Å². The molecule has 1 aromatic rings. The summed E-state index contributed by atoms with van der Waals surface area (Å²) in [5.74, 6) is 0. The van der Waals surface area contributed by atoms with Gasteiger partial charge >= 0.3 is 0 Å². The Morgan fingerprint density at radius 2 is 2.12 bits per heavy atom. The third-order valence-electron chi connectivity index (χ3n) is 2.20. The number of hydrogen-bond donors (Lipinski definition) is 2. The molecule has 0 radical (unpaired) electrons. The Labute approximate surface area is 103 Å². The molecule has 88 valence electrons. The first-order valence-electron chi connectivity index (χ1n) is 5.68. The summed E-state index contributed by atoms with van der Waals surface area (Å²) in [6.07, 6.45) is 1.00. The van der Waals surface area contributed by atoms with E-state index >= 15 is 0 Å². The van der Waals surface area contributed by atoms with Gasteiger partial charge in [0.2, 0.25) is 0 Å². The predicted molar refractivity (Wildman–Crippen MR) is 73.8 cm³/mol. The third kappa shape index (κ3) is 5.12. The van der Waals surface area contributed by atoms with Crippen molar-refractivity contribution in [1.82, 2.24) is 10.6 Å². The number of benzene rings is 1. The first-order chi connectivity index (χ1) is 7.58. The second-order valence-corrected chi connectivity index (χ2v) is 4.70. The minimum absolute atomic E-state index is 0.388. The molecule has 0 atom stereocenters. The second-order valence-electron chi connectivity index (χ2n) is 4.29. The van der Waals surface area contributed by atoms with Crippen molar-refractivity contribution in [2.45, 2.75) is 33.2 Å². The maximum atomic E-state index is 5.15. The van der Waals surface area contributed by atoms with Crippen molar-refractivity contribution in [3.8, 4) is 0 Å². The lowest BCUT2D eigenvalue weighted by Gasteiger charge is -2.13. The highest BCUT2D eigenvalue weighted by molar-refractivity contribution is 7.80. The zero-order chi connectivity index (χ0) is 12.0. The summed E-state index contributed by atoms with van der Waals surface area (Å²) in [5, 5.41) is 7.10. The number of nitrogens with one attached hydrogen (secondary N) is 2. The van der Waals surface area contributed by atoms with Crippen LogP contribution in [0.1, 0.15) is 25.0 Å². The minimum atomic E-state index is 0.388. The maximum absolute atomic E-state index is 5.15. The summed E-state index contributed by atoms with van der Waals surface area (Å²) in [4.78, 5) is 0. The molecule has 2 nitrogen and oxygen atoms in total. The maximum Gasteiger partial charge on any atom is 0.166 e. The summed E-state index contributed by atoms with van der Waals surface area (Å²) in [6, 6.07) is 8.95. The summed E-state index contributed by atoms with van der Waals surface area (Å²) in [6.45, 7) is 7.15. The molecule has 0 unspecified atom stereocenters. The topological polar surface area (TPSA) is 24.1 Å². The lowest BCUT2D eigenvalue weighted by molar-refractivity contribution is 0.711. The van der Waals surface area contributed by atoms with Gasteiger partial charge in [-0.3, -0.25) is 0 Å². The molecule has 0 aliphatic heterocycles. The lowest BCUT2D eigenvalue weighted by Crippen LogP contribution is -2.40. The Morgan fingerprint density at radius 1 is 1.38 bits per heavy atom. The van der Waals surface area contributed by atoms with E-state index in [2.05, 4.69) is 55.7 Å². The molecule has 0 fully saturated rings. The van der Waals surface area contributed by atoms with E-state index in [0.29, 0.717) is 6.04 Å². The molecule has 0 saturated heterocycles. The average molecular weight is 236 g/mol. The number of hydrogen-bond acceptors (Lipinski definition) is 1. The van der Waals surface area contributed by atoms with E-state index in [4.69, 9.17) is 12.2 Å². The Hall–Kier alpha value is -1.09. The van der Waals surface area contributed by atoms with E-state index in [-0.39, 0.29) is 0 Å². The van der Waals surface area contributed by atoms with Crippen molar-refractivity contribution in [1.29, 1.82) is 0 Å². The molecule has 2 N–H and O–H groups in total. The van der Waals surface area contributed by atoms with Crippen LogP contribution < -0.4 is 10.6 Å². The van der Waals surface area contributed by atoms with E-state index in [1.165, 1.54) is 11.1 Å². The molecule has 0 amide bonds. The molecule has 0 bridgehead atoms. The Kier molecular flexibility index (Phi) is 5.26. The van der Waals surface area contributed by atoms with Gasteiger partial charge in [-0.05, 0) is 45.0 Å². The van der Waals surface area contributed by atoms with Gasteiger partial charge in [0.15, 0.2) is 5.11 Å². The molecule has 3 heteroatoms. The van der Waals surface area contributed by atoms with Gasteiger partial charge in [0.1, 0.15) is 0 Å². The van der Waals surface area contributed by atoms with Crippen LogP contribution in [0.2, 0.25) is 0 Å². The van der Waals surface area contributed by atoms with E-state index in [1.54, 1.807) is 0 Å². The molecule has 0 aliphatic rings. The van der Waals surface area contributed by atoms with Crippen LogP contribution in [0.15, 0.2) is 24.3 Å². The van der Waals surface area contributed by atoms with Gasteiger partial charge in [0.25, 0.3) is 0 Å². The van der Waals surface area contributed by atoms with Gasteiger partial charge in [-0.2, -0.15) is 0 Å². The van der Waals surface area contributed by atoms with Crippen LogP contribution in [0.3, 0.4) is 0 Å². The molecule has 1 aromatic carbocycles. The molecule has 0 spiro atoms. The fourth-order valence-electron chi connectivity index (χ4n) is 1.50. The standard InChI is InChI=1S/C13H20N2S/c1-10(2)15-13(16)14-8-7-12-6-4-5-11(3)9-12/h4-6,9-10H,7-8H2,1-3H3,(H2,14,15,16). The van der Waals surface area contributed by atoms with E-state index in [9.17, 15) is 0 Å². The van der Waals surface area contributed by atoms with E-state index in [0.717, 1.165) is 18.1 Å². The van der Waals surface area contributed by atoms with E-state index < -0.39 is 0 Å². The summed E-state index contributed by atoms with van der Waals surface area (Å²) in [5.41, 5.74) is 2.65. The molecular weight excluding hydrogens is 216 g/mol. The smallest absolute Gasteiger partial charge is 0.166 e. The van der Waals surface area contributed by atoms with Gasteiger partial charge in [-0.1, -0.05) is 29.8 Å². The monoisotopic (exact) mass is 236 g/mol. The number of thiocarbonyl (C=S) groups is 1. The molecule has 0 aromatic heterocycles. The third-order valence-corrected chi connectivity index (χ3v) is 2.46. The zero-order valence-electron chi connectivity index (χ0n) is 10.2. The number of aryl methyl sites for hydroxylation is 1. The van der Waals surface area contributed by atoms with Crippen LogP contribution >= 0.6 is 12.2 Å². The molecule has 1 rings (SSSR count). The molecular formula is C13H20N2S. The molecule has 0 heterocycles.